The first-order valence-electron chi connectivity index (χ1n) is 8.73. The monoisotopic (exact) mass is 370 g/mol. The SMILES string of the molecule is Cc1nc2c3cccc4c(C(=O)O)cnc(c5ccc(C)c(c1C(=O)O)c52)c43. The molecule has 6 heteroatoms. The second-order valence-electron chi connectivity index (χ2n) is 6.96. The first-order chi connectivity index (χ1) is 13.4. The molecule has 2 aromatic heterocycles. The average molecular weight is 370 g/mol. The number of aromatic carboxylic acids is 2. The Labute approximate surface area is 158 Å². The van der Waals surface area contributed by atoms with E-state index < -0.39 is 11.9 Å². The number of benzene rings is 3. The van der Waals surface area contributed by atoms with Gasteiger partial charge in [-0.3, -0.25) is 9.97 Å². The van der Waals surface area contributed by atoms with Crippen molar-refractivity contribution in [2.24, 2.45) is 0 Å². The van der Waals surface area contributed by atoms with Gasteiger partial charge in [0.05, 0.1) is 27.9 Å². The number of carboxylic acids is 2. The van der Waals surface area contributed by atoms with E-state index in [-0.39, 0.29) is 11.1 Å². The third kappa shape index (κ3) is 1.91. The zero-order chi connectivity index (χ0) is 19.7. The smallest absolute Gasteiger partial charge is 0.338 e. The van der Waals surface area contributed by atoms with E-state index >= 15 is 0 Å². The Balaban J connectivity index is 2.19. The quantitative estimate of drug-likeness (QED) is 0.349. The van der Waals surface area contributed by atoms with E-state index in [1.54, 1.807) is 19.1 Å². The Morgan fingerprint density at radius 3 is 2.25 bits per heavy atom. The minimum Gasteiger partial charge on any atom is -0.478 e. The maximum absolute atomic E-state index is 12.0. The van der Waals surface area contributed by atoms with Crippen LogP contribution >= 0.6 is 0 Å². The van der Waals surface area contributed by atoms with Gasteiger partial charge < -0.3 is 10.2 Å². The minimum atomic E-state index is -1.04. The fourth-order valence-corrected chi connectivity index (χ4v) is 4.26. The van der Waals surface area contributed by atoms with Crippen LogP contribution in [0.25, 0.3) is 43.4 Å². The van der Waals surface area contributed by atoms with E-state index in [0.717, 1.165) is 27.1 Å². The van der Waals surface area contributed by atoms with Gasteiger partial charge in [-0.05, 0) is 19.4 Å². The molecule has 5 aromatic rings. The Kier molecular flexibility index (Phi) is 3.13. The Morgan fingerprint density at radius 1 is 0.821 bits per heavy atom. The van der Waals surface area contributed by atoms with Gasteiger partial charge in [0.1, 0.15) is 0 Å². The summed E-state index contributed by atoms with van der Waals surface area (Å²) in [6.07, 6.45) is 1.36. The van der Waals surface area contributed by atoms with Crippen molar-refractivity contribution in [3.8, 4) is 0 Å². The number of rotatable bonds is 2. The second-order valence-corrected chi connectivity index (χ2v) is 6.96. The molecule has 2 heterocycles. The fraction of sp³-hybridized carbons (Fsp3) is 0.0909. The summed E-state index contributed by atoms with van der Waals surface area (Å²) in [5.74, 6) is -2.06. The van der Waals surface area contributed by atoms with Crippen LogP contribution in [0.4, 0.5) is 0 Å². The van der Waals surface area contributed by atoms with Gasteiger partial charge in [-0.15, -0.1) is 0 Å². The van der Waals surface area contributed by atoms with Crippen molar-refractivity contribution in [3.05, 3.63) is 58.9 Å². The normalized spacial score (nSPS) is 11.8. The lowest BCUT2D eigenvalue weighted by Gasteiger charge is -2.17. The van der Waals surface area contributed by atoms with E-state index in [1.807, 2.05) is 25.1 Å². The van der Waals surface area contributed by atoms with Crippen LogP contribution in [0.3, 0.4) is 0 Å². The largest absolute Gasteiger partial charge is 0.478 e. The third-order valence-electron chi connectivity index (χ3n) is 5.41. The van der Waals surface area contributed by atoms with Gasteiger partial charge in [0, 0.05) is 38.5 Å². The lowest BCUT2D eigenvalue weighted by atomic mass is 9.90. The summed E-state index contributed by atoms with van der Waals surface area (Å²) in [4.78, 5) is 32.7. The van der Waals surface area contributed by atoms with E-state index in [1.165, 1.54) is 6.20 Å². The van der Waals surface area contributed by atoms with Gasteiger partial charge in [-0.25, -0.2) is 9.59 Å². The molecule has 5 rings (SSSR count). The molecule has 0 unspecified atom stereocenters. The van der Waals surface area contributed by atoms with Crippen molar-refractivity contribution in [1.82, 2.24) is 9.97 Å². The highest BCUT2D eigenvalue weighted by molar-refractivity contribution is 6.33. The number of carboxylic acid groups (broad SMARTS) is 2. The fourth-order valence-electron chi connectivity index (χ4n) is 4.26. The van der Waals surface area contributed by atoms with Crippen molar-refractivity contribution in [1.29, 1.82) is 0 Å². The second kappa shape index (κ2) is 5.36. The van der Waals surface area contributed by atoms with E-state index in [0.29, 0.717) is 27.5 Å². The lowest BCUT2D eigenvalue weighted by molar-refractivity contribution is 0.0687. The van der Waals surface area contributed by atoms with Crippen molar-refractivity contribution in [2.45, 2.75) is 13.8 Å². The van der Waals surface area contributed by atoms with E-state index in [4.69, 9.17) is 0 Å². The van der Waals surface area contributed by atoms with Crippen molar-refractivity contribution < 1.29 is 19.8 Å². The lowest BCUT2D eigenvalue weighted by Crippen LogP contribution is -2.06. The molecule has 0 aliphatic rings. The van der Waals surface area contributed by atoms with Crippen LogP contribution in [0.1, 0.15) is 32.0 Å². The van der Waals surface area contributed by atoms with Gasteiger partial charge in [0.2, 0.25) is 0 Å². The molecule has 0 fully saturated rings. The molecule has 28 heavy (non-hydrogen) atoms. The topological polar surface area (TPSA) is 100 Å². The Morgan fingerprint density at radius 2 is 1.54 bits per heavy atom. The molecule has 0 spiro atoms. The molecule has 3 aromatic carbocycles. The summed E-state index contributed by atoms with van der Waals surface area (Å²) in [5, 5.41) is 23.6. The van der Waals surface area contributed by atoms with Gasteiger partial charge >= 0.3 is 11.9 Å². The van der Waals surface area contributed by atoms with Crippen molar-refractivity contribution in [3.63, 3.8) is 0 Å². The molecule has 2 N–H and O–H groups in total. The van der Waals surface area contributed by atoms with Crippen molar-refractivity contribution in [2.75, 3.05) is 0 Å². The molecule has 6 nitrogen and oxygen atoms in total. The highest BCUT2D eigenvalue weighted by Gasteiger charge is 2.23. The van der Waals surface area contributed by atoms with Crippen LogP contribution in [0.5, 0.6) is 0 Å². The van der Waals surface area contributed by atoms with Crippen LogP contribution in [-0.4, -0.2) is 32.1 Å². The highest BCUT2D eigenvalue weighted by Crippen LogP contribution is 2.41. The van der Waals surface area contributed by atoms with Crippen LogP contribution < -0.4 is 0 Å². The molecule has 136 valence electrons. The summed E-state index contributed by atoms with van der Waals surface area (Å²) in [5.41, 5.74) is 2.91. The van der Waals surface area contributed by atoms with Gasteiger partial charge in [0.25, 0.3) is 0 Å². The Bertz CT molecular complexity index is 1490. The zero-order valence-electron chi connectivity index (χ0n) is 15.1. The first-order valence-corrected chi connectivity index (χ1v) is 8.73. The molecule has 0 aliphatic carbocycles. The predicted octanol–water partition coefficient (Wildman–Crippen LogP) is 4.54. The molecule has 0 saturated carbocycles. The summed E-state index contributed by atoms with van der Waals surface area (Å²) in [6.45, 7) is 3.57. The number of aryl methyl sites for hydroxylation is 2. The highest BCUT2D eigenvalue weighted by atomic mass is 16.4. The molecule has 0 aliphatic heterocycles. The van der Waals surface area contributed by atoms with Gasteiger partial charge in [-0.1, -0.05) is 30.3 Å². The zero-order valence-corrected chi connectivity index (χ0v) is 15.1. The minimum absolute atomic E-state index is 0.131. The number of fused-ring (bicyclic) bond motifs is 2. The average Bonchev–Trinajstić information content (AvgIpc) is 2.66. The molecular formula is C22H14N2O4. The number of nitrogens with zero attached hydrogens (tertiary/aromatic N) is 2. The maximum Gasteiger partial charge on any atom is 0.338 e. The predicted molar refractivity (Wildman–Crippen MR) is 107 cm³/mol. The number of aromatic nitrogens is 2. The van der Waals surface area contributed by atoms with Crippen molar-refractivity contribution >= 4 is 55.3 Å². The number of hydrogen-bond donors (Lipinski definition) is 2. The first kappa shape index (κ1) is 16.4. The van der Waals surface area contributed by atoms with Gasteiger partial charge in [-0.2, -0.15) is 0 Å². The summed E-state index contributed by atoms with van der Waals surface area (Å²) in [6, 6.07) is 9.22. The number of hydrogen-bond acceptors (Lipinski definition) is 4. The maximum atomic E-state index is 12.0. The summed E-state index contributed by atoms with van der Waals surface area (Å²) in [7, 11) is 0. The van der Waals surface area contributed by atoms with E-state index in [2.05, 4.69) is 9.97 Å². The van der Waals surface area contributed by atoms with Crippen LogP contribution in [0, 0.1) is 13.8 Å². The molecule has 0 radical (unpaired) electrons. The third-order valence-corrected chi connectivity index (χ3v) is 5.41. The molecular weight excluding hydrogens is 356 g/mol. The standard InChI is InChI=1S/C22H14N2O4/c1-9-6-7-13-18-15(9)16(22(27)28)10(2)24-20(18)12-5-3-4-11-14(21(25)26)8-23-19(13)17(11)12/h3-8H,1-2H3,(H,25,26)(H,27,28). The molecule has 0 saturated heterocycles. The Hall–Kier alpha value is -3.80. The summed E-state index contributed by atoms with van der Waals surface area (Å²) >= 11 is 0. The van der Waals surface area contributed by atoms with Crippen LogP contribution in [0.15, 0.2) is 36.5 Å². The summed E-state index contributed by atoms with van der Waals surface area (Å²) < 4.78 is 0. The van der Waals surface area contributed by atoms with Gasteiger partial charge in [0.15, 0.2) is 0 Å². The number of pyridine rings is 2. The number of carbonyl (C=O) groups is 2. The molecule has 0 atom stereocenters. The van der Waals surface area contributed by atoms with Crippen LogP contribution in [-0.2, 0) is 0 Å². The van der Waals surface area contributed by atoms with E-state index in [9.17, 15) is 19.8 Å². The van der Waals surface area contributed by atoms with Crippen LogP contribution in [0.2, 0.25) is 0 Å². The molecule has 0 bridgehead atoms. The molecule has 0 amide bonds.